The summed E-state index contributed by atoms with van der Waals surface area (Å²) >= 11 is 0. The number of nitrogens with one attached hydrogen (secondary N) is 2. The highest BCUT2D eigenvalue weighted by Crippen LogP contribution is 2.30. The van der Waals surface area contributed by atoms with E-state index in [-0.39, 0.29) is 23.7 Å². The van der Waals surface area contributed by atoms with Crippen LogP contribution in [0.15, 0.2) is 42.6 Å². The lowest BCUT2D eigenvalue weighted by atomic mass is 9.81. The van der Waals surface area contributed by atoms with Crippen molar-refractivity contribution in [2.75, 3.05) is 5.32 Å². The lowest BCUT2D eigenvalue weighted by Crippen LogP contribution is -2.35. The summed E-state index contributed by atoms with van der Waals surface area (Å²) in [5.74, 6) is 0.0887. The van der Waals surface area contributed by atoms with Gasteiger partial charge in [0.25, 0.3) is 0 Å². The van der Waals surface area contributed by atoms with Gasteiger partial charge in [0.15, 0.2) is 0 Å². The standard InChI is InChI=1S/C22H27N3O2/c1-15-11-16(2)13-20(12-15)25-22(27)18-8-6-17(7-9-18)21(26)24-14-19-5-3-4-10-23-19/h3-5,10-13,17-18H,6-9,14H2,1-2H3,(H,24,26)(H,25,27). The zero-order valence-electron chi connectivity index (χ0n) is 16.0. The number of amides is 2. The van der Waals surface area contributed by atoms with Crippen LogP contribution in [-0.4, -0.2) is 16.8 Å². The molecule has 1 aromatic heterocycles. The van der Waals surface area contributed by atoms with Crippen molar-refractivity contribution in [1.82, 2.24) is 10.3 Å². The number of aryl methyl sites for hydroxylation is 2. The Hall–Kier alpha value is -2.69. The van der Waals surface area contributed by atoms with Crippen molar-refractivity contribution < 1.29 is 9.59 Å². The maximum atomic E-state index is 12.6. The highest BCUT2D eigenvalue weighted by molar-refractivity contribution is 5.93. The van der Waals surface area contributed by atoms with E-state index in [0.717, 1.165) is 48.2 Å². The number of anilines is 1. The molecular weight excluding hydrogens is 338 g/mol. The molecule has 0 spiro atoms. The molecule has 2 aromatic rings. The average Bonchev–Trinajstić information content (AvgIpc) is 2.66. The lowest BCUT2D eigenvalue weighted by Gasteiger charge is -2.27. The van der Waals surface area contributed by atoms with Crippen molar-refractivity contribution in [1.29, 1.82) is 0 Å². The molecule has 1 aliphatic carbocycles. The first-order chi connectivity index (χ1) is 13.0. The summed E-state index contributed by atoms with van der Waals surface area (Å²) in [6, 6.07) is 11.7. The highest BCUT2D eigenvalue weighted by atomic mass is 16.2. The van der Waals surface area contributed by atoms with Crippen LogP contribution in [0.5, 0.6) is 0 Å². The molecule has 0 aliphatic heterocycles. The molecule has 3 rings (SSSR count). The van der Waals surface area contributed by atoms with E-state index in [9.17, 15) is 9.59 Å². The van der Waals surface area contributed by atoms with Crippen molar-refractivity contribution in [3.8, 4) is 0 Å². The second-order valence-corrected chi connectivity index (χ2v) is 7.45. The smallest absolute Gasteiger partial charge is 0.227 e. The van der Waals surface area contributed by atoms with Crippen LogP contribution in [0.4, 0.5) is 5.69 Å². The monoisotopic (exact) mass is 365 g/mol. The van der Waals surface area contributed by atoms with Gasteiger partial charge in [-0.05, 0) is 74.9 Å². The zero-order valence-corrected chi connectivity index (χ0v) is 16.0. The maximum Gasteiger partial charge on any atom is 0.227 e. The van der Waals surface area contributed by atoms with Crippen molar-refractivity contribution >= 4 is 17.5 Å². The molecule has 1 heterocycles. The van der Waals surface area contributed by atoms with Gasteiger partial charge in [-0.3, -0.25) is 14.6 Å². The van der Waals surface area contributed by atoms with Gasteiger partial charge in [-0.15, -0.1) is 0 Å². The van der Waals surface area contributed by atoms with E-state index in [4.69, 9.17) is 0 Å². The number of benzene rings is 1. The Morgan fingerprint density at radius 1 is 0.963 bits per heavy atom. The molecule has 0 bridgehead atoms. The van der Waals surface area contributed by atoms with Crippen molar-refractivity contribution in [2.45, 2.75) is 46.1 Å². The Kier molecular flexibility index (Phi) is 6.22. The van der Waals surface area contributed by atoms with Crippen LogP contribution in [0.1, 0.15) is 42.5 Å². The number of carbonyl (C=O) groups is 2. The minimum atomic E-state index is -0.0225. The third-order valence-corrected chi connectivity index (χ3v) is 5.13. The normalized spacial score (nSPS) is 19.3. The van der Waals surface area contributed by atoms with E-state index in [2.05, 4.69) is 21.7 Å². The highest BCUT2D eigenvalue weighted by Gasteiger charge is 2.29. The minimum absolute atomic E-state index is 0.0148. The third kappa shape index (κ3) is 5.39. The van der Waals surface area contributed by atoms with Crippen LogP contribution in [-0.2, 0) is 16.1 Å². The van der Waals surface area contributed by atoms with Gasteiger partial charge in [0, 0.05) is 23.7 Å². The van der Waals surface area contributed by atoms with Crippen molar-refractivity contribution in [3.05, 3.63) is 59.4 Å². The van der Waals surface area contributed by atoms with Gasteiger partial charge < -0.3 is 10.6 Å². The minimum Gasteiger partial charge on any atom is -0.350 e. The summed E-state index contributed by atoms with van der Waals surface area (Å²) in [5.41, 5.74) is 3.98. The first kappa shape index (κ1) is 19.1. The average molecular weight is 365 g/mol. The van der Waals surface area contributed by atoms with Crippen LogP contribution in [0, 0.1) is 25.7 Å². The molecule has 2 N–H and O–H groups in total. The number of nitrogens with zero attached hydrogens (tertiary/aromatic N) is 1. The molecule has 5 nitrogen and oxygen atoms in total. The van der Waals surface area contributed by atoms with E-state index >= 15 is 0 Å². The zero-order chi connectivity index (χ0) is 19.2. The Labute approximate surface area is 160 Å². The van der Waals surface area contributed by atoms with Crippen LogP contribution in [0.25, 0.3) is 0 Å². The van der Waals surface area contributed by atoms with Crippen molar-refractivity contribution in [3.63, 3.8) is 0 Å². The van der Waals surface area contributed by atoms with E-state index in [1.54, 1.807) is 6.20 Å². The fourth-order valence-electron chi connectivity index (χ4n) is 3.73. The Morgan fingerprint density at radius 3 is 2.19 bits per heavy atom. The molecule has 5 heteroatoms. The molecule has 27 heavy (non-hydrogen) atoms. The summed E-state index contributed by atoms with van der Waals surface area (Å²) in [6.07, 6.45) is 4.72. The molecule has 0 radical (unpaired) electrons. The van der Waals surface area contributed by atoms with Crippen LogP contribution >= 0.6 is 0 Å². The van der Waals surface area contributed by atoms with Gasteiger partial charge in [-0.25, -0.2) is 0 Å². The lowest BCUT2D eigenvalue weighted by molar-refractivity contribution is -0.128. The SMILES string of the molecule is Cc1cc(C)cc(NC(=O)C2CCC(C(=O)NCc3ccccn3)CC2)c1. The molecule has 142 valence electrons. The molecule has 0 atom stereocenters. The number of carbonyl (C=O) groups excluding carboxylic acids is 2. The van der Waals surface area contributed by atoms with Gasteiger partial charge in [0.05, 0.1) is 12.2 Å². The Bertz CT molecular complexity index is 776. The van der Waals surface area contributed by atoms with Gasteiger partial charge in [0.1, 0.15) is 0 Å². The van der Waals surface area contributed by atoms with E-state index in [1.165, 1.54) is 0 Å². The second-order valence-electron chi connectivity index (χ2n) is 7.45. The van der Waals surface area contributed by atoms with Gasteiger partial charge in [0.2, 0.25) is 11.8 Å². The first-order valence-corrected chi connectivity index (χ1v) is 9.58. The van der Waals surface area contributed by atoms with Crippen LogP contribution < -0.4 is 10.6 Å². The number of hydrogen-bond donors (Lipinski definition) is 2. The summed E-state index contributed by atoms with van der Waals surface area (Å²) in [5, 5.41) is 6.00. The summed E-state index contributed by atoms with van der Waals surface area (Å²) in [7, 11) is 0. The molecule has 1 aromatic carbocycles. The molecule has 1 saturated carbocycles. The molecule has 0 unspecified atom stereocenters. The first-order valence-electron chi connectivity index (χ1n) is 9.58. The maximum absolute atomic E-state index is 12.6. The molecule has 1 fully saturated rings. The van der Waals surface area contributed by atoms with Crippen LogP contribution in [0.3, 0.4) is 0 Å². The molecule has 0 saturated heterocycles. The van der Waals surface area contributed by atoms with Gasteiger partial charge in [-0.1, -0.05) is 12.1 Å². The molecular formula is C22H27N3O2. The van der Waals surface area contributed by atoms with Crippen molar-refractivity contribution in [2.24, 2.45) is 11.8 Å². The van der Waals surface area contributed by atoms with E-state index in [0.29, 0.717) is 6.54 Å². The predicted molar refractivity (Wildman–Crippen MR) is 106 cm³/mol. The van der Waals surface area contributed by atoms with Crippen LogP contribution in [0.2, 0.25) is 0 Å². The Morgan fingerprint density at radius 2 is 1.59 bits per heavy atom. The van der Waals surface area contributed by atoms with Gasteiger partial charge in [-0.2, -0.15) is 0 Å². The number of hydrogen-bond acceptors (Lipinski definition) is 3. The number of aromatic nitrogens is 1. The molecule has 2 amide bonds. The fraction of sp³-hybridized carbons (Fsp3) is 0.409. The summed E-state index contributed by atoms with van der Waals surface area (Å²) in [6.45, 7) is 4.50. The molecule has 1 aliphatic rings. The van der Waals surface area contributed by atoms with E-state index < -0.39 is 0 Å². The summed E-state index contributed by atoms with van der Waals surface area (Å²) in [4.78, 5) is 29.1. The Balaban J connectivity index is 1.46. The predicted octanol–water partition coefficient (Wildman–Crippen LogP) is 3.76. The third-order valence-electron chi connectivity index (χ3n) is 5.13. The van der Waals surface area contributed by atoms with Gasteiger partial charge >= 0.3 is 0 Å². The number of pyridine rings is 1. The largest absolute Gasteiger partial charge is 0.350 e. The topological polar surface area (TPSA) is 71.1 Å². The summed E-state index contributed by atoms with van der Waals surface area (Å²) < 4.78 is 0. The quantitative estimate of drug-likeness (QED) is 0.847. The second kappa shape index (κ2) is 8.80. The number of rotatable bonds is 5. The van der Waals surface area contributed by atoms with E-state index in [1.807, 2.05) is 44.2 Å². The fourth-order valence-corrected chi connectivity index (χ4v) is 3.73.